The molecule has 3 atom stereocenters. The normalized spacial score (nSPS) is 25.6. The van der Waals surface area contributed by atoms with Crippen LogP contribution < -0.4 is 0 Å². The van der Waals surface area contributed by atoms with E-state index in [1.165, 1.54) is 17.3 Å². The quantitative estimate of drug-likeness (QED) is 0.849. The minimum atomic E-state index is -4.47. The molecule has 2 aromatic rings. The van der Waals surface area contributed by atoms with Crippen LogP contribution >= 0.6 is 0 Å². The summed E-state index contributed by atoms with van der Waals surface area (Å²) in [4.78, 5) is 13.8. The standard InChI is InChI=1S/C20H22F3N3O2/c21-20(22,23)18-9-10-26(24-18)15-7-5-13(6-8-15)12-25-16-4-2-1-3-14(16)11-17(25)19(27)28/h5-10,14,16-17H,1-4,11-12H2,(H,27,28). The summed E-state index contributed by atoms with van der Waals surface area (Å²) in [7, 11) is 0. The Morgan fingerprint density at radius 2 is 1.86 bits per heavy atom. The summed E-state index contributed by atoms with van der Waals surface area (Å²) in [6.45, 7) is 0.533. The van der Waals surface area contributed by atoms with Crippen LogP contribution in [0.25, 0.3) is 5.69 Å². The molecule has 3 unspecified atom stereocenters. The molecule has 1 aliphatic carbocycles. The predicted molar refractivity (Wildman–Crippen MR) is 95.9 cm³/mol. The summed E-state index contributed by atoms with van der Waals surface area (Å²) in [5.74, 6) is -0.332. The van der Waals surface area contributed by atoms with E-state index >= 15 is 0 Å². The average Bonchev–Trinajstić information content (AvgIpc) is 3.28. The van der Waals surface area contributed by atoms with Gasteiger partial charge in [0, 0.05) is 18.8 Å². The number of likely N-dealkylation sites (tertiary alicyclic amines) is 1. The van der Waals surface area contributed by atoms with Gasteiger partial charge in [-0.15, -0.1) is 0 Å². The largest absolute Gasteiger partial charge is 0.480 e. The van der Waals surface area contributed by atoms with Crippen LogP contribution in [0, 0.1) is 5.92 Å². The van der Waals surface area contributed by atoms with Crippen LogP contribution in [0.1, 0.15) is 43.4 Å². The van der Waals surface area contributed by atoms with Crippen LogP contribution in [0.4, 0.5) is 13.2 Å². The van der Waals surface area contributed by atoms with Gasteiger partial charge in [-0.1, -0.05) is 25.0 Å². The Morgan fingerprint density at radius 1 is 1.14 bits per heavy atom. The number of aliphatic carboxylic acids is 1. The Morgan fingerprint density at radius 3 is 2.50 bits per heavy atom. The molecule has 0 radical (unpaired) electrons. The Hall–Kier alpha value is -2.35. The number of hydrogen-bond donors (Lipinski definition) is 1. The van der Waals surface area contributed by atoms with Crippen LogP contribution in [0.5, 0.6) is 0 Å². The third-order valence-corrected chi connectivity index (χ3v) is 5.95. The van der Waals surface area contributed by atoms with E-state index in [2.05, 4.69) is 10.00 Å². The number of carbonyl (C=O) groups is 1. The average molecular weight is 393 g/mol. The molecule has 1 aromatic heterocycles. The summed E-state index contributed by atoms with van der Waals surface area (Å²) in [5.41, 5.74) is 0.553. The van der Waals surface area contributed by atoms with Crippen molar-refractivity contribution in [1.82, 2.24) is 14.7 Å². The van der Waals surface area contributed by atoms with Crippen LogP contribution in [0.15, 0.2) is 36.5 Å². The SMILES string of the molecule is O=C(O)C1CC2CCCCC2N1Cc1ccc(-n2ccc(C(F)(F)F)n2)cc1. The molecule has 0 bridgehead atoms. The molecule has 8 heteroatoms. The lowest BCUT2D eigenvalue weighted by Gasteiger charge is -2.33. The number of halogens is 3. The number of carboxylic acids is 1. The second-order valence-electron chi connectivity index (χ2n) is 7.68. The summed E-state index contributed by atoms with van der Waals surface area (Å²) in [5, 5.41) is 13.2. The fraction of sp³-hybridized carbons (Fsp3) is 0.500. The minimum absolute atomic E-state index is 0.301. The zero-order chi connectivity index (χ0) is 19.9. The maximum Gasteiger partial charge on any atom is 0.435 e. The van der Waals surface area contributed by atoms with Gasteiger partial charge in [0.05, 0.1) is 5.69 Å². The Labute approximate surface area is 160 Å². The van der Waals surface area contributed by atoms with E-state index in [0.717, 1.165) is 30.9 Å². The fourth-order valence-electron chi connectivity index (χ4n) is 4.61. The Kier molecular flexibility index (Phi) is 4.91. The van der Waals surface area contributed by atoms with Gasteiger partial charge in [-0.2, -0.15) is 18.3 Å². The number of carboxylic acid groups (broad SMARTS) is 1. The Bertz CT molecular complexity index is 847. The van der Waals surface area contributed by atoms with Gasteiger partial charge < -0.3 is 5.11 Å². The molecule has 28 heavy (non-hydrogen) atoms. The molecule has 1 N–H and O–H groups in total. The van der Waals surface area contributed by atoms with Crippen LogP contribution in [0.3, 0.4) is 0 Å². The zero-order valence-electron chi connectivity index (χ0n) is 15.3. The lowest BCUT2D eigenvalue weighted by Crippen LogP contribution is -2.41. The van der Waals surface area contributed by atoms with E-state index in [4.69, 9.17) is 0 Å². The van der Waals surface area contributed by atoms with Crippen molar-refractivity contribution >= 4 is 5.97 Å². The maximum absolute atomic E-state index is 12.7. The number of benzene rings is 1. The molecule has 150 valence electrons. The number of alkyl halides is 3. The summed E-state index contributed by atoms with van der Waals surface area (Å²) < 4.78 is 39.3. The molecule has 1 saturated carbocycles. The van der Waals surface area contributed by atoms with E-state index in [9.17, 15) is 23.1 Å². The topological polar surface area (TPSA) is 58.4 Å². The number of rotatable bonds is 4. The first-order valence-corrected chi connectivity index (χ1v) is 9.53. The zero-order valence-corrected chi connectivity index (χ0v) is 15.3. The van der Waals surface area contributed by atoms with Crippen LogP contribution in [-0.4, -0.2) is 37.8 Å². The first-order valence-electron chi connectivity index (χ1n) is 9.53. The van der Waals surface area contributed by atoms with Crippen LogP contribution in [0.2, 0.25) is 0 Å². The smallest absolute Gasteiger partial charge is 0.435 e. The third kappa shape index (κ3) is 3.65. The predicted octanol–water partition coefficient (Wildman–Crippen LogP) is 4.11. The second kappa shape index (κ2) is 7.24. The monoisotopic (exact) mass is 393 g/mol. The van der Waals surface area contributed by atoms with Gasteiger partial charge in [0.1, 0.15) is 6.04 Å². The summed E-state index contributed by atoms with van der Waals surface area (Å²) >= 11 is 0. The van der Waals surface area contributed by atoms with Gasteiger partial charge in [-0.3, -0.25) is 9.69 Å². The second-order valence-corrected chi connectivity index (χ2v) is 7.68. The minimum Gasteiger partial charge on any atom is -0.480 e. The van der Waals surface area contributed by atoms with Crippen molar-refractivity contribution in [3.63, 3.8) is 0 Å². The molecule has 2 aliphatic rings. The van der Waals surface area contributed by atoms with Crippen molar-refractivity contribution in [3.05, 3.63) is 47.8 Å². The number of aromatic nitrogens is 2. The van der Waals surface area contributed by atoms with Crippen molar-refractivity contribution in [2.45, 2.75) is 56.9 Å². The summed E-state index contributed by atoms with van der Waals surface area (Å²) in [6.07, 6.45) is 1.93. The van der Waals surface area contributed by atoms with Crippen LogP contribution in [-0.2, 0) is 17.5 Å². The van der Waals surface area contributed by atoms with E-state index in [-0.39, 0.29) is 0 Å². The summed E-state index contributed by atoms with van der Waals surface area (Å²) in [6, 6.07) is 7.87. The first-order chi connectivity index (χ1) is 13.3. The maximum atomic E-state index is 12.7. The van der Waals surface area contributed by atoms with Crippen molar-refractivity contribution < 1.29 is 23.1 Å². The van der Waals surface area contributed by atoms with Gasteiger partial charge >= 0.3 is 12.1 Å². The molecule has 5 nitrogen and oxygen atoms in total. The highest BCUT2D eigenvalue weighted by atomic mass is 19.4. The molecular formula is C20H22F3N3O2. The molecule has 1 aromatic carbocycles. The van der Waals surface area contributed by atoms with E-state index in [0.29, 0.717) is 30.6 Å². The fourth-order valence-corrected chi connectivity index (χ4v) is 4.61. The highest BCUT2D eigenvalue weighted by Gasteiger charge is 2.44. The van der Waals surface area contributed by atoms with Crippen molar-refractivity contribution in [2.75, 3.05) is 0 Å². The molecule has 1 saturated heterocycles. The molecule has 1 aliphatic heterocycles. The first kappa shape index (κ1) is 19.0. The van der Waals surface area contributed by atoms with Gasteiger partial charge in [-0.05, 0) is 48.9 Å². The third-order valence-electron chi connectivity index (χ3n) is 5.95. The lowest BCUT2D eigenvalue weighted by molar-refractivity contribution is -0.143. The molecule has 2 fully saturated rings. The molecule has 4 rings (SSSR count). The van der Waals surface area contributed by atoms with E-state index in [1.54, 1.807) is 12.1 Å². The highest BCUT2D eigenvalue weighted by molar-refractivity contribution is 5.74. The highest BCUT2D eigenvalue weighted by Crippen LogP contribution is 2.40. The van der Waals surface area contributed by atoms with Crippen molar-refractivity contribution in [3.8, 4) is 5.69 Å². The molecule has 0 amide bonds. The van der Waals surface area contributed by atoms with Crippen molar-refractivity contribution in [2.24, 2.45) is 5.92 Å². The molecular weight excluding hydrogens is 371 g/mol. The van der Waals surface area contributed by atoms with E-state index < -0.39 is 23.9 Å². The van der Waals surface area contributed by atoms with Gasteiger partial charge in [0.25, 0.3) is 0 Å². The van der Waals surface area contributed by atoms with Gasteiger partial charge in [-0.25, -0.2) is 4.68 Å². The van der Waals surface area contributed by atoms with E-state index in [1.807, 2.05) is 12.1 Å². The molecule has 2 heterocycles. The van der Waals surface area contributed by atoms with Crippen molar-refractivity contribution in [1.29, 1.82) is 0 Å². The molecule has 0 spiro atoms. The lowest BCUT2D eigenvalue weighted by atomic mass is 9.84. The van der Waals surface area contributed by atoms with Gasteiger partial charge in [0.2, 0.25) is 0 Å². The van der Waals surface area contributed by atoms with Gasteiger partial charge in [0.15, 0.2) is 5.69 Å². The number of fused-ring (bicyclic) bond motifs is 1. The number of nitrogens with zero attached hydrogens (tertiary/aromatic N) is 3. The Balaban J connectivity index is 1.51. The number of hydrogen-bond acceptors (Lipinski definition) is 3.